The van der Waals surface area contributed by atoms with Gasteiger partial charge in [-0.05, 0) is 64.2 Å². The molecule has 1 rings (SSSR count). The fraction of sp³-hybridized carbons (Fsp3) is 0.714. The summed E-state index contributed by atoms with van der Waals surface area (Å²) >= 11 is 10.2. The van der Waals surface area contributed by atoms with Crippen LogP contribution in [0.15, 0.2) is 10.2 Å². The molecular weight excluding hydrogens is 330 g/mol. The van der Waals surface area contributed by atoms with Crippen LogP contribution in [0.1, 0.15) is 33.1 Å². The predicted octanol–water partition coefficient (Wildman–Crippen LogP) is 0.782. The third kappa shape index (κ3) is 8.77. The molecule has 9 heteroatoms. The monoisotopic (exact) mass is 357 g/mol. The van der Waals surface area contributed by atoms with Crippen LogP contribution in [0, 0.1) is 0 Å². The van der Waals surface area contributed by atoms with Gasteiger partial charge >= 0.3 is 0 Å². The van der Waals surface area contributed by atoms with Gasteiger partial charge in [-0.3, -0.25) is 10.9 Å². The molecule has 23 heavy (non-hydrogen) atoms. The zero-order chi connectivity index (χ0) is 17.1. The summed E-state index contributed by atoms with van der Waals surface area (Å²) in [6, 6.07) is 0. The van der Waals surface area contributed by atoms with Gasteiger partial charge in [-0.25, -0.2) is 0 Å². The number of nitrogens with one attached hydrogen (secondary N) is 4. The van der Waals surface area contributed by atoms with Gasteiger partial charge in [0.05, 0.1) is 11.4 Å². The van der Waals surface area contributed by atoms with E-state index < -0.39 is 0 Å². The van der Waals surface area contributed by atoms with Gasteiger partial charge in [-0.1, -0.05) is 6.42 Å². The first-order valence-corrected chi connectivity index (χ1v) is 8.67. The van der Waals surface area contributed by atoms with Crippen molar-refractivity contribution in [1.29, 1.82) is 0 Å². The lowest BCUT2D eigenvalue weighted by Crippen LogP contribution is -2.40. The minimum absolute atomic E-state index is 0.458. The van der Waals surface area contributed by atoms with E-state index in [0.717, 1.165) is 24.5 Å². The van der Waals surface area contributed by atoms with E-state index in [4.69, 9.17) is 24.4 Å². The molecule has 0 aromatic rings. The van der Waals surface area contributed by atoms with Crippen LogP contribution in [0.4, 0.5) is 0 Å². The molecule has 0 amide bonds. The van der Waals surface area contributed by atoms with Crippen LogP contribution in [0.5, 0.6) is 0 Å². The van der Waals surface area contributed by atoms with Crippen molar-refractivity contribution in [3.05, 3.63) is 0 Å². The number of piperidine rings is 1. The van der Waals surface area contributed by atoms with Gasteiger partial charge in [0.25, 0.3) is 0 Å². The molecule has 0 aliphatic carbocycles. The second-order valence-electron chi connectivity index (χ2n) is 5.36. The summed E-state index contributed by atoms with van der Waals surface area (Å²) in [5.41, 5.74) is 7.01. The SMILES string of the molecule is CNC(=S)N/N=C(C)\C(C)=N/NC(=S)NCCN1CCCCC1. The average Bonchev–Trinajstić information content (AvgIpc) is 2.58. The predicted molar refractivity (Wildman–Crippen MR) is 105 cm³/mol. The number of nitrogens with zero attached hydrogens (tertiary/aromatic N) is 3. The number of hydrazone groups is 2. The lowest BCUT2D eigenvalue weighted by molar-refractivity contribution is 0.232. The number of thiocarbonyl (C=S) groups is 2. The maximum atomic E-state index is 5.22. The topological polar surface area (TPSA) is 76.1 Å². The fourth-order valence-corrected chi connectivity index (χ4v) is 2.23. The maximum Gasteiger partial charge on any atom is 0.187 e. The molecule has 130 valence electrons. The van der Waals surface area contributed by atoms with Gasteiger partial charge in [-0.2, -0.15) is 10.2 Å². The smallest absolute Gasteiger partial charge is 0.187 e. The van der Waals surface area contributed by atoms with Gasteiger partial charge in [0.2, 0.25) is 0 Å². The Kier molecular flexibility index (Phi) is 9.65. The molecule has 7 nitrogen and oxygen atoms in total. The largest absolute Gasteiger partial charge is 0.364 e. The Morgan fingerprint density at radius 1 is 0.957 bits per heavy atom. The number of hydrogen-bond acceptors (Lipinski definition) is 5. The molecule has 0 atom stereocenters. The third-order valence-electron chi connectivity index (χ3n) is 3.56. The molecule has 1 aliphatic heterocycles. The summed E-state index contributed by atoms with van der Waals surface area (Å²) in [7, 11) is 1.73. The van der Waals surface area contributed by atoms with Crippen molar-refractivity contribution in [3.8, 4) is 0 Å². The van der Waals surface area contributed by atoms with E-state index in [0.29, 0.717) is 10.2 Å². The molecule has 1 saturated heterocycles. The van der Waals surface area contributed by atoms with Crippen molar-refractivity contribution >= 4 is 46.1 Å². The van der Waals surface area contributed by atoms with Crippen molar-refractivity contribution in [2.24, 2.45) is 10.2 Å². The summed E-state index contributed by atoms with van der Waals surface area (Å²) in [4.78, 5) is 2.46. The molecule has 0 unspecified atom stereocenters. The summed E-state index contributed by atoms with van der Waals surface area (Å²) in [6.07, 6.45) is 3.96. The van der Waals surface area contributed by atoms with Crippen LogP contribution in [0.2, 0.25) is 0 Å². The first kappa shape index (κ1) is 19.7. The molecule has 0 saturated carbocycles. The van der Waals surface area contributed by atoms with Crippen molar-refractivity contribution in [2.75, 3.05) is 33.2 Å². The normalized spacial score (nSPS) is 16.7. The highest BCUT2D eigenvalue weighted by atomic mass is 32.1. The Morgan fingerprint density at radius 2 is 1.52 bits per heavy atom. The molecule has 1 heterocycles. The summed E-state index contributed by atoms with van der Waals surface area (Å²) < 4.78 is 0. The van der Waals surface area contributed by atoms with Crippen LogP contribution in [-0.4, -0.2) is 59.8 Å². The van der Waals surface area contributed by atoms with Crippen LogP contribution >= 0.6 is 24.4 Å². The number of rotatable bonds is 6. The maximum absolute atomic E-state index is 5.22. The van der Waals surface area contributed by atoms with E-state index in [1.807, 2.05) is 13.8 Å². The highest BCUT2D eigenvalue weighted by Gasteiger charge is 2.09. The minimum atomic E-state index is 0.458. The first-order valence-electron chi connectivity index (χ1n) is 7.85. The Morgan fingerprint density at radius 3 is 2.09 bits per heavy atom. The van der Waals surface area contributed by atoms with E-state index in [9.17, 15) is 0 Å². The van der Waals surface area contributed by atoms with Crippen molar-refractivity contribution in [1.82, 2.24) is 26.4 Å². The van der Waals surface area contributed by atoms with Gasteiger partial charge in [0, 0.05) is 20.1 Å². The van der Waals surface area contributed by atoms with E-state index in [-0.39, 0.29) is 0 Å². The molecule has 0 radical (unpaired) electrons. The number of likely N-dealkylation sites (tertiary alicyclic amines) is 1. The summed E-state index contributed by atoms with van der Waals surface area (Å²) in [6.45, 7) is 7.92. The molecular formula is C14H27N7S2. The van der Waals surface area contributed by atoms with Crippen molar-refractivity contribution < 1.29 is 0 Å². The minimum Gasteiger partial charge on any atom is -0.364 e. The number of hydrogen-bond donors (Lipinski definition) is 4. The standard InChI is InChI=1S/C14H27N7S2/c1-11(17-19-13(22)15-3)12(2)18-20-14(23)16-7-10-21-8-5-4-6-9-21/h4-10H2,1-3H3,(H2,15,19,22)(H2,16,20,23)/b17-11-,18-12-. The van der Waals surface area contributed by atoms with Crippen LogP contribution in [0.25, 0.3) is 0 Å². The van der Waals surface area contributed by atoms with Gasteiger partial charge in [0.1, 0.15) is 0 Å². The molecule has 1 fully saturated rings. The second-order valence-corrected chi connectivity index (χ2v) is 6.17. The molecule has 0 aromatic carbocycles. The van der Waals surface area contributed by atoms with Gasteiger partial charge < -0.3 is 15.5 Å². The Bertz CT molecular complexity index is 456. The van der Waals surface area contributed by atoms with Crippen molar-refractivity contribution in [3.63, 3.8) is 0 Å². The molecule has 4 N–H and O–H groups in total. The molecule has 1 aliphatic rings. The Balaban J connectivity index is 2.25. The Hall–Kier alpha value is -1.32. The molecule has 0 aromatic heterocycles. The van der Waals surface area contributed by atoms with E-state index in [1.165, 1.54) is 32.4 Å². The molecule has 0 bridgehead atoms. The summed E-state index contributed by atoms with van der Waals surface area (Å²) in [5.74, 6) is 0. The average molecular weight is 358 g/mol. The lowest BCUT2D eigenvalue weighted by Gasteiger charge is -2.26. The second kappa shape index (κ2) is 11.3. The first-order chi connectivity index (χ1) is 11.0. The quantitative estimate of drug-likeness (QED) is 0.318. The van der Waals surface area contributed by atoms with Crippen LogP contribution in [0.3, 0.4) is 0 Å². The van der Waals surface area contributed by atoms with E-state index in [1.54, 1.807) is 7.05 Å². The third-order valence-corrected chi connectivity index (χ3v) is 4.09. The zero-order valence-electron chi connectivity index (χ0n) is 14.1. The molecule has 0 spiro atoms. The van der Waals surface area contributed by atoms with Crippen LogP contribution in [-0.2, 0) is 0 Å². The summed E-state index contributed by atoms with van der Waals surface area (Å²) in [5, 5.41) is 15.3. The van der Waals surface area contributed by atoms with E-state index in [2.05, 4.69) is 36.6 Å². The van der Waals surface area contributed by atoms with Crippen LogP contribution < -0.4 is 21.5 Å². The highest BCUT2D eigenvalue weighted by Crippen LogP contribution is 2.07. The van der Waals surface area contributed by atoms with Gasteiger partial charge in [0.15, 0.2) is 10.2 Å². The van der Waals surface area contributed by atoms with Gasteiger partial charge in [-0.15, -0.1) is 0 Å². The highest BCUT2D eigenvalue weighted by molar-refractivity contribution is 7.80. The van der Waals surface area contributed by atoms with E-state index >= 15 is 0 Å². The Labute approximate surface area is 149 Å². The van der Waals surface area contributed by atoms with Crippen molar-refractivity contribution in [2.45, 2.75) is 33.1 Å². The lowest BCUT2D eigenvalue weighted by atomic mass is 10.1. The zero-order valence-corrected chi connectivity index (χ0v) is 15.7. The fourth-order valence-electron chi connectivity index (χ4n) is 2.04.